The number of ketones is 1. The first kappa shape index (κ1) is 21.9. The number of Topliss-reactive ketones (excluding diaryl/α,β-unsaturated/α-hetero) is 1. The number of hydrogen-bond acceptors (Lipinski definition) is 2. The largest absolute Gasteiger partial charge is 0.329 e. The summed E-state index contributed by atoms with van der Waals surface area (Å²) in [4.78, 5) is 28.7. The Hall–Kier alpha value is -2.77. The molecule has 154 valence electrons. The van der Waals surface area contributed by atoms with E-state index in [2.05, 4.69) is 0 Å². The number of amides is 1. The number of carbonyl (C=O) groups is 2. The summed E-state index contributed by atoms with van der Waals surface area (Å²) in [6.07, 6.45) is 0.784. The quantitative estimate of drug-likeness (QED) is 0.477. The minimum Gasteiger partial charge on any atom is -0.329 e. The highest BCUT2D eigenvalue weighted by molar-refractivity contribution is 7.21. The third kappa shape index (κ3) is 4.37. The Labute approximate surface area is 181 Å². The van der Waals surface area contributed by atoms with Crippen LogP contribution >= 0.6 is 9.24 Å². The molecule has 30 heavy (non-hydrogen) atoms. The highest BCUT2D eigenvalue weighted by atomic mass is 31.0. The average molecular weight is 418 g/mol. The van der Waals surface area contributed by atoms with E-state index in [4.69, 9.17) is 0 Å². The van der Waals surface area contributed by atoms with Gasteiger partial charge in [-0.15, -0.1) is 0 Å². The van der Waals surface area contributed by atoms with Gasteiger partial charge in [-0.3, -0.25) is 9.59 Å². The van der Waals surface area contributed by atoms with Gasteiger partial charge in [0.1, 0.15) is 6.04 Å². The molecule has 0 N–H and O–H groups in total. The van der Waals surface area contributed by atoms with Crippen LogP contribution in [0.2, 0.25) is 0 Å². The van der Waals surface area contributed by atoms with Gasteiger partial charge in [0, 0.05) is 24.6 Å². The highest BCUT2D eigenvalue weighted by Gasteiger charge is 2.48. The molecule has 3 rings (SSSR count). The number of rotatable bonds is 8. The Bertz CT molecular complexity index is 934. The number of carbonyl (C=O) groups excluding carboxylic acids is 2. The molecule has 0 bridgehead atoms. The molecule has 0 fully saturated rings. The van der Waals surface area contributed by atoms with Crippen molar-refractivity contribution in [3.8, 4) is 0 Å². The van der Waals surface area contributed by atoms with Crippen LogP contribution in [0.25, 0.3) is 0 Å². The minimum atomic E-state index is -0.871. The zero-order valence-electron chi connectivity index (χ0n) is 17.6. The summed E-state index contributed by atoms with van der Waals surface area (Å²) in [5.74, 6) is -0.0843. The predicted octanol–water partition coefficient (Wildman–Crippen LogP) is 5.11. The first-order chi connectivity index (χ1) is 14.5. The van der Waals surface area contributed by atoms with Crippen molar-refractivity contribution >= 4 is 20.9 Å². The van der Waals surface area contributed by atoms with E-state index in [0.29, 0.717) is 6.54 Å². The maximum atomic E-state index is 14.4. The lowest BCUT2D eigenvalue weighted by Gasteiger charge is -2.35. The molecule has 0 radical (unpaired) electrons. The Morgan fingerprint density at radius 2 is 1.27 bits per heavy atom. The van der Waals surface area contributed by atoms with Gasteiger partial charge in [-0.2, -0.15) is 0 Å². The fourth-order valence-electron chi connectivity index (χ4n) is 3.95. The lowest BCUT2D eigenvalue weighted by atomic mass is 9.81. The van der Waals surface area contributed by atoms with Crippen molar-refractivity contribution in [2.75, 3.05) is 6.54 Å². The Morgan fingerprint density at radius 1 is 0.833 bits per heavy atom. The first-order valence-corrected chi connectivity index (χ1v) is 11.0. The lowest BCUT2D eigenvalue weighted by Crippen LogP contribution is -2.45. The van der Waals surface area contributed by atoms with Crippen LogP contribution in [0.4, 0.5) is 0 Å². The smallest absolute Gasteiger partial charge is 0.220 e. The van der Waals surface area contributed by atoms with Gasteiger partial charge in [0.25, 0.3) is 0 Å². The Balaban J connectivity index is 2.22. The average Bonchev–Trinajstić information content (AvgIpc) is 2.80. The van der Waals surface area contributed by atoms with Gasteiger partial charge in [-0.1, -0.05) is 97.9 Å². The third-order valence-electron chi connectivity index (χ3n) is 5.50. The van der Waals surface area contributed by atoms with Gasteiger partial charge < -0.3 is 4.90 Å². The standard InChI is InChI=1S/C26H28NO2P/c1-3-19-27(20(2)28)24(21-13-7-4-8-14-21)25(29)26(30,22-15-9-5-10-16-22)23-17-11-6-12-18-23/h4-18,24H,3,19,30H2,1-2H3/p+1. The van der Waals surface area contributed by atoms with Crippen LogP contribution in [-0.4, -0.2) is 23.1 Å². The van der Waals surface area contributed by atoms with E-state index in [1.165, 1.54) is 0 Å². The molecular weight excluding hydrogens is 389 g/mol. The lowest BCUT2D eigenvalue weighted by molar-refractivity contribution is -0.139. The SMILES string of the molecule is CCCN(C(C)=O)C(C(=O)C([PH3+])(c1ccccc1)c1ccccc1)c1ccccc1. The van der Waals surface area contributed by atoms with Crippen LogP contribution in [0.15, 0.2) is 91.0 Å². The third-order valence-corrected chi connectivity index (χ3v) is 6.66. The van der Waals surface area contributed by atoms with E-state index in [1.54, 1.807) is 21.1 Å². The number of benzene rings is 3. The van der Waals surface area contributed by atoms with Gasteiger partial charge in [0.2, 0.25) is 11.7 Å². The normalized spacial score (nSPS) is 12.3. The molecule has 0 saturated carbocycles. The van der Waals surface area contributed by atoms with Crippen LogP contribution in [0.5, 0.6) is 0 Å². The van der Waals surface area contributed by atoms with Crippen molar-refractivity contribution in [1.82, 2.24) is 4.90 Å². The molecule has 0 aliphatic heterocycles. The molecular formula is C26H29NO2P+. The molecule has 0 spiro atoms. The second-order valence-corrected chi connectivity index (χ2v) is 8.59. The van der Waals surface area contributed by atoms with Gasteiger partial charge in [0.05, 0.1) is 0 Å². The molecule has 0 aromatic heterocycles. The maximum Gasteiger partial charge on any atom is 0.220 e. The minimum absolute atomic E-state index is 0.00748. The molecule has 0 aliphatic carbocycles. The van der Waals surface area contributed by atoms with Crippen molar-refractivity contribution in [1.29, 1.82) is 0 Å². The summed E-state index contributed by atoms with van der Waals surface area (Å²) >= 11 is 0. The molecule has 2 unspecified atom stereocenters. The van der Waals surface area contributed by atoms with Crippen molar-refractivity contribution in [2.24, 2.45) is 0 Å². The molecule has 1 amide bonds. The van der Waals surface area contributed by atoms with Crippen LogP contribution < -0.4 is 0 Å². The monoisotopic (exact) mass is 418 g/mol. The van der Waals surface area contributed by atoms with Crippen LogP contribution in [-0.2, 0) is 14.7 Å². The van der Waals surface area contributed by atoms with Crippen LogP contribution in [0, 0.1) is 0 Å². The van der Waals surface area contributed by atoms with Gasteiger partial charge in [0.15, 0.2) is 5.16 Å². The Morgan fingerprint density at radius 3 is 1.67 bits per heavy atom. The van der Waals surface area contributed by atoms with E-state index in [0.717, 1.165) is 23.1 Å². The van der Waals surface area contributed by atoms with Crippen molar-refractivity contribution in [3.63, 3.8) is 0 Å². The summed E-state index contributed by atoms with van der Waals surface area (Å²) in [6, 6.07) is 28.7. The van der Waals surface area contributed by atoms with Crippen molar-refractivity contribution in [3.05, 3.63) is 108 Å². The fourth-order valence-corrected chi connectivity index (χ4v) is 4.61. The van der Waals surface area contributed by atoms with E-state index in [-0.39, 0.29) is 11.7 Å². The zero-order valence-corrected chi connectivity index (χ0v) is 19.0. The summed E-state index contributed by atoms with van der Waals surface area (Å²) in [5.41, 5.74) is 2.70. The molecule has 4 heteroatoms. The molecule has 0 heterocycles. The van der Waals surface area contributed by atoms with Crippen LogP contribution in [0.3, 0.4) is 0 Å². The highest BCUT2D eigenvalue weighted by Crippen LogP contribution is 2.44. The number of hydrogen-bond donors (Lipinski definition) is 0. The molecule has 0 aliphatic rings. The second-order valence-electron chi connectivity index (χ2n) is 7.53. The summed E-state index contributed by atoms with van der Waals surface area (Å²) < 4.78 is 0. The fraction of sp³-hybridized carbons (Fsp3) is 0.231. The second kappa shape index (κ2) is 9.82. The molecule has 3 aromatic carbocycles. The van der Waals surface area contributed by atoms with E-state index < -0.39 is 11.2 Å². The summed E-state index contributed by atoms with van der Waals surface area (Å²) in [7, 11) is 1.69. The summed E-state index contributed by atoms with van der Waals surface area (Å²) in [6.45, 7) is 4.10. The van der Waals surface area contributed by atoms with Gasteiger partial charge in [-0.05, 0) is 21.2 Å². The van der Waals surface area contributed by atoms with Gasteiger partial charge in [-0.25, -0.2) is 0 Å². The number of nitrogens with zero attached hydrogens (tertiary/aromatic N) is 1. The first-order valence-electron chi connectivity index (χ1n) is 10.3. The molecule has 3 nitrogen and oxygen atoms in total. The maximum absolute atomic E-state index is 14.4. The molecule has 2 atom stereocenters. The zero-order chi connectivity index (χ0) is 21.6. The van der Waals surface area contributed by atoms with Crippen molar-refractivity contribution < 1.29 is 9.59 Å². The molecule has 0 saturated heterocycles. The van der Waals surface area contributed by atoms with E-state index in [9.17, 15) is 9.59 Å². The van der Waals surface area contributed by atoms with E-state index in [1.807, 2.05) is 97.9 Å². The van der Waals surface area contributed by atoms with Crippen LogP contribution in [0.1, 0.15) is 43.0 Å². The van der Waals surface area contributed by atoms with E-state index >= 15 is 0 Å². The van der Waals surface area contributed by atoms with Gasteiger partial charge >= 0.3 is 0 Å². The predicted molar refractivity (Wildman–Crippen MR) is 127 cm³/mol. The summed E-state index contributed by atoms with van der Waals surface area (Å²) in [5, 5.41) is -0.871. The van der Waals surface area contributed by atoms with Crippen molar-refractivity contribution in [2.45, 2.75) is 31.5 Å². The topological polar surface area (TPSA) is 37.4 Å². The Kier molecular flexibility index (Phi) is 7.18. The molecule has 3 aromatic rings.